The highest BCUT2D eigenvalue weighted by atomic mass is 19.4. The molecule has 0 amide bonds. The minimum absolute atomic E-state index is 0.169. The van der Waals surface area contributed by atoms with E-state index in [4.69, 9.17) is 5.11 Å². The second-order valence-corrected chi connectivity index (χ2v) is 3.72. The molecular formula is C8H10BF3O2. The predicted molar refractivity (Wildman–Crippen MR) is 46.5 cm³/mol. The van der Waals surface area contributed by atoms with Crippen molar-refractivity contribution in [3.05, 3.63) is 11.6 Å². The summed E-state index contributed by atoms with van der Waals surface area (Å²) >= 11 is 0. The fourth-order valence-corrected chi connectivity index (χ4v) is 1.34. The van der Waals surface area contributed by atoms with Gasteiger partial charge in [0, 0.05) is 6.42 Å². The summed E-state index contributed by atoms with van der Waals surface area (Å²) in [4.78, 5) is 10.7. The van der Waals surface area contributed by atoms with Gasteiger partial charge < -0.3 is 5.11 Å². The van der Waals surface area contributed by atoms with Crippen molar-refractivity contribution in [1.82, 2.24) is 0 Å². The zero-order valence-electron chi connectivity index (χ0n) is 7.69. The summed E-state index contributed by atoms with van der Waals surface area (Å²) < 4.78 is 36.7. The van der Waals surface area contributed by atoms with Gasteiger partial charge in [-0.1, -0.05) is 5.57 Å². The SMILES string of the molecule is BC(O)(CC1=CC(=O)CC1)C(F)(F)F. The summed E-state index contributed by atoms with van der Waals surface area (Å²) in [6.45, 7) is 0. The van der Waals surface area contributed by atoms with Crippen LogP contribution < -0.4 is 0 Å². The molecule has 0 saturated carbocycles. The van der Waals surface area contributed by atoms with Crippen LogP contribution in [0.4, 0.5) is 13.2 Å². The smallest absolute Gasteiger partial charge is 0.389 e. The summed E-state index contributed by atoms with van der Waals surface area (Å²) in [6.07, 6.45) is -3.39. The van der Waals surface area contributed by atoms with Crippen LogP contribution in [0.3, 0.4) is 0 Å². The van der Waals surface area contributed by atoms with Gasteiger partial charge in [-0.2, -0.15) is 13.2 Å². The first-order chi connectivity index (χ1) is 6.22. The molecule has 0 fully saturated rings. The third-order valence-electron chi connectivity index (χ3n) is 2.24. The maximum absolute atomic E-state index is 12.2. The largest absolute Gasteiger partial charge is 0.409 e. The minimum Gasteiger partial charge on any atom is -0.389 e. The Bertz CT molecular complexity index is 281. The highest BCUT2D eigenvalue weighted by Crippen LogP contribution is 2.34. The van der Waals surface area contributed by atoms with E-state index in [2.05, 4.69) is 0 Å². The zero-order chi connectivity index (χ0) is 11.0. The first kappa shape index (κ1) is 11.3. The monoisotopic (exact) mass is 206 g/mol. The van der Waals surface area contributed by atoms with Gasteiger partial charge in [0.2, 0.25) is 0 Å². The van der Waals surface area contributed by atoms with Crippen molar-refractivity contribution in [1.29, 1.82) is 0 Å². The molecule has 2 nitrogen and oxygen atoms in total. The van der Waals surface area contributed by atoms with Crippen LogP contribution >= 0.6 is 0 Å². The second kappa shape index (κ2) is 3.42. The number of ketones is 1. The lowest BCUT2D eigenvalue weighted by Crippen LogP contribution is -2.45. The fourth-order valence-electron chi connectivity index (χ4n) is 1.34. The van der Waals surface area contributed by atoms with Crippen LogP contribution in [0.2, 0.25) is 0 Å². The third-order valence-corrected chi connectivity index (χ3v) is 2.24. The Morgan fingerprint density at radius 2 is 2.00 bits per heavy atom. The first-order valence-corrected chi connectivity index (χ1v) is 4.24. The van der Waals surface area contributed by atoms with E-state index < -0.39 is 18.1 Å². The number of aliphatic hydroxyl groups is 1. The topological polar surface area (TPSA) is 37.3 Å². The number of rotatable bonds is 2. The number of hydrogen-bond acceptors (Lipinski definition) is 2. The van der Waals surface area contributed by atoms with Crippen LogP contribution in [0.1, 0.15) is 19.3 Å². The molecule has 0 aromatic rings. The van der Waals surface area contributed by atoms with Gasteiger partial charge >= 0.3 is 6.18 Å². The molecule has 1 rings (SSSR count). The number of allylic oxidation sites excluding steroid dienone is 1. The van der Waals surface area contributed by atoms with Crippen LogP contribution in [-0.2, 0) is 4.79 Å². The molecule has 0 bridgehead atoms. The number of carbonyl (C=O) groups is 1. The maximum atomic E-state index is 12.2. The predicted octanol–water partition coefficient (Wildman–Crippen LogP) is 0.550. The van der Waals surface area contributed by atoms with Crippen molar-refractivity contribution >= 4 is 13.6 Å². The molecule has 0 aromatic heterocycles. The standard InChI is InChI=1S/C8H10BF3O2/c9-7(14,8(10,11)12)4-5-1-2-6(13)3-5/h3,14H,1-2,4,9H2. The van der Waals surface area contributed by atoms with Crippen LogP contribution in [0.25, 0.3) is 0 Å². The quantitative estimate of drug-likeness (QED) is 0.669. The van der Waals surface area contributed by atoms with Gasteiger partial charge in [-0.15, -0.1) is 0 Å². The second-order valence-electron chi connectivity index (χ2n) is 3.72. The van der Waals surface area contributed by atoms with E-state index in [0.717, 1.165) is 7.85 Å². The molecule has 78 valence electrons. The molecule has 1 aliphatic rings. The molecular weight excluding hydrogens is 196 g/mol. The molecule has 0 aromatic carbocycles. The Labute approximate surface area is 80.2 Å². The number of hydrogen-bond donors (Lipinski definition) is 1. The zero-order valence-corrected chi connectivity index (χ0v) is 7.69. The van der Waals surface area contributed by atoms with E-state index in [0.29, 0.717) is 12.0 Å². The molecule has 0 radical (unpaired) electrons. The molecule has 1 atom stereocenters. The Kier molecular flexibility index (Phi) is 2.76. The summed E-state index contributed by atoms with van der Waals surface area (Å²) in [7, 11) is 0.719. The van der Waals surface area contributed by atoms with Gasteiger partial charge in [0.15, 0.2) is 13.6 Å². The Morgan fingerprint density at radius 1 is 1.43 bits per heavy atom. The lowest BCUT2D eigenvalue weighted by Gasteiger charge is -2.26. The van der Waals surface area contributed by atoms with E-state index in [9.17, 15) is 18.0 Å². The van der Waals surface area contributed by atoms with Crippen LogP contribution in [0.5, 0.6) is 0 Å². The minimum atomic E-state index is -4.65. The van der Waals surface area contributed by atoms with Crippen molar-refractivity contribution in [3.63, 3.8) is 0 Å². The van der Waals surface area contributed by atoms with Gasteiger partial charge in [-0.3, -0.25) is 4.79 Å². The Balaban J connectivity index is 2.69. The Morgan fingerprint density at radius 3 is 2.36 bits per heavy atom. The van der Waals surface area contributed by atoms with Crippen molar-refractivity contribution in [2.75, 3.05) is 0 Å². The number of alkyl halides is 3. The van der Waals surface area contributed by atoms with Gasteiger partial charge in [-0.25, -0.2) is 0 Å². The highest BCUT2D eigenvalue weighted by molar-refractivity contribution is 6.15. The van der Waals surface area contributed by atoms with Crippen molar-refractivity contribution in [3.8, 4) is 0 Å². The maximum Gasteiger partial charge on any atom is 0.409 e. The van der Waals surface area contributed by atoms with Crippen molar-refractivity contribution in [2.24, 2.45) is 0 Å². The summed E-state index contributed by atoms with van der Waals surface area (Å²) in [6, 6.07) is 0. The molecule has 1 aliphatic carbocycles. The first-order valence-electron chi connectivity index (χ1n) is 4.24. The molecule has 0 saturated heterocycles. The molecule has 1 unspecified atom stereocenters. The van der Waals surface area contributed by atoms with E-state index >= 15 is 0 Å². The van der Waals surface area contributed by atoms with E-state index in [1.165, 1.54) is 6.08 Å². The van der Waals surface area contributed by atoms with Gasteiger partial charge in [-0.05, 0) is 18.9 Å². The van der Waals surface area contributed by atoms with Gasteiger partial charge in [0.05, 0.1) is 0 Å². The molecule has 0 aliphatic heterocycles. The van der Waals surface area contributed by atoms with Gasteiger partial charge in [0.25, 0.3) is 0 Å². The lowest BCUT2D eigenvalue weighted by atomic mass is 9.76. The van der Waals surface area contributed by atoms with E-state index in [1.54, 1.807) is 0 Å². The van der Waals surface area contributed by atoms with Crippen LogP contribution in [-0.4, -0.2) is 30.4 Å². The normalized spacial score (nSPS) is 22.0. The van der Waals surface area contributed by atoms with Gasteiger partial charge in [0.1, 0.15) is 5.50 Å². The molecule has 1 N–H and O–H groups in total. The summed E-state index contributed by atoms with van der Waals surface area (Å²) in [5.74, 6) is -0.169. The van der Waals surface area contributed by atoms with Crippen molar-refractivity contribution in [2.45, 2.75) is 30.9 Å². The fraction of sp³-hybridized carbons (Fsp3) is 0.625. The summed E-state index contributed by atoms with van der Waals surface area (Å²) in [5, 5.41) is 9.12. The lowest BCUT2D eigenvalue weighted by molar-refractivity contribution is -0.223. The molecule has 0 spiro atoms. The summed E-state index contributed by atoms with van der Waals surface area (Å²) in [5.41, 5.74) is -2.36. The molecule has 14 heavy (non-hydrogen) atoms. The average molecular weight is 206 g/mol. The van der Waals surface area contributed by atoms with Crippen LogP contribution in [0, 0.1) is 0 Å². The third kappa shape index (κ3) is 2.38. The Hall–Kier alpha value is -0.775. The average Bonchev–Trinajstić information content (AvgIpc) is 2.31. The highest BCUT2D eigenvalue weighted by Gasteiger charge is 2.49. The molecule has 6 heteroatoms. The number of halogens is 3. The van der Waals surface area contributed by atoms with Crippen LogP contribution in [0.15, 0.2) is 11.6 Å². The molecule has 0 heterocycles. The van der Waals surface area contributed by atoms with E-state index in [-0.39, 0.29) is 12.2 Å². The van der Waals surface area contributed by atoms with Crippen molar-refractivity contribution < 1.29 is 23.1 Å². The number of carbonyl (C=O) groups excluding carboxylic acids is 1. The van der Waals surface area contributed by atoms with E-state index in [1.807, 2.05) is 0 Å².